The van der Waals surface area contributed by atoms with Crippen molar-refractivity contribution in [1.29, 1.82) is 0 Å². The molecular weight excluding hydrogens is 226 g/mol. The Hall–Kier alpha value is -0.690. The van der Waals surface area contributed by atoms with E-state index in [1.807, 2.05) is 6.92 Å². The molecule has 1 saturated heterocycles. The van der Waals surface area contributed by atoms with Gasteiger partial charge in [-0.1, -0.05) is 6.92 Å². The molecule has 1 aliphatic rings. The maximum absolute atomic E-state index is 11.1. The fraction of sp³-hybridized carbons (Fsp3) is 0.909. The Balaban J connectivity index is 2.83. The number of aliphatic hydroxyl groups is 3. The lowest BCUT2D eigenvalue weighted by atomic mass is 9.83. The van der Waals surface area contributed by atoms with Crippen molar-refractivity contribution in [1.82, 2.24) is 5.32 Å². The van der Waals surface area contributed by atoms with Crippen molar-refractivity contribution in [3.8, 4) is 0 Å². The van der Waals surface area contributed by atoms with Gasteiger partial charge < -0.3 is 25.4 Å². The number of hydrogen-bond donors (Lipinski definition) is 4. The van der Waals surface area contributed by atoms with Gasteiger partial charge in [0.2, 0.25) is 5.91 Å². The molecule has 4 N–H and O–H groups in total. The number of carbonyl (C=O) groups is 1. The lowest BCUT2D eigenvalue weighted by Crippen LogP contribution is -2.62. The first-order valence-corrected chi connectivity index (χ1v) is 5.87. The maximum atomic E-state index is 11.1. The predicted octanol–water partition coefficient (Wildman–Crippen LogP) is -1.37. The lowest BCUT2D eigenvalue weighted by Gasteiger charge is -2.44. The van der Waals surface area contributed by atoms with Crippen LogP contribution in [0.2, 0.25) is 0 Å². The van der Waals surface area contributed by atoms with E-state index in [1.165, 1.54) is 6.92 Å². The number of hydrogen-bond acceptors (Lipinski definition) is 5. The summed E-state index contributed by atoms with van der Waals surface area (Å²) in [6.07, 6.45) is -1.39. The third-order valence-corrected chi connectivity index (χ3v) is 3.24. The van der Waals surface area contributed by atoms with Gasteiger partial charge in [0.25, 0.3) is 0 Å². The summed E-state index contributed by atoms with van der Waals surface area (Å²) < 4.78 is 5.50. The van der Waals surface area contributed by atoms with E-state index >= 15 is 0 Å². The van der Waals surface area contributed by atoms with Crippen molar-refractivity contribution < 1.29 is 24.9 Å². The molecule has 0 radical (unpaired) electrons. The zero-order chi connectivity index (χ0) is 13.0. The first kappa shape index (κ1) is 14.4. The molecule has 17 heavy (non-hydrogen) atoms. The minimum atomic E-state index is -0.827. The smallest absolute Gasteiger partial charge is 0.217 e. The van der Waals surface area contributed by atoms with Crippen LogP contribution >= 0.6 is 0 Å². The number of nitrogens with one attached hydrogen (secondary N) is 1. The number of ether oxygens (including phenoxy) is 1. The quantitative estimate of drug-likeness (QED) is 0.491. The molecule has 1 rings (SSSR count). The van der Waals surface area contributed by atoms with Crippen molar-refractivity contribution in [3.05, 3.63) is 0 Å². The average molecular weight is 247 g/mol. The number of amides is 1. The van der Waals surface area contributed by atoms with Crippen LogP contribution in [0.3, 0.4) is 0 Å². The molecule has 5 atom stereocenters. The van der Waals surface area contributed by atoms with Crippen LogP contribution in [0.25, 0.3) is 0 Å². The van der Waals surface area contributed by atoms with Crippen LogP contribution in [0.5, 0.6) is 0 Å². The molecule has 6 nitrogen and oxygen atoms in total. The molecule has 0 spiro atoms. The fourth-order valence-electron chi connectivity index (χ4n) is 2.37. The van der Waals surface area contributed by atoms with Crippen LogP contribution in [0.4, 0.5) is 0 Å². The summed E-state index contributed by atoms with van der Waals surface area (Å²) in [5, 5.41) is 31.1. The van der Waals surface area contributed by atoms with Crippen LogP contribution in [0.1, 0.15) is 20.3 Å². The second kappa shape index (κ2) is 6.30. The highest BCUT2D eigenvalue weighted by molar-refractivity contribution is 5.73. The van der Waals surface area contributed by atoms with Gasteiger partial charge in [-0.25, -0.2) is 0 Å². The van der Waals surface area contributed by atoms with Crippen molar-refractivity contribution in [2.75, 3.05) is 13.2 Å². The molecule has 0 aromatic heterocycles. The molecule has 1 aliphatic heterocycles. The summed E-state index contributed by atoms with van der Waals surface area (Å²) in [5.41, 5.74) is 0. The Labute approximate surface area is 101 Å². The minimum Gasteiger partial charge on any atom is -0.394 e. The monoisotopic (exact) mass is 247 g/mol. The standard InChI is InChI=1S/C11H21NO5/c1-3-7-8(4-13)17-9(5-14)10(11(7)16)12-6(2)15/h7-11,13-14,16H,3-5H2,1-2H3,(H,12,15). The van der Waals surface area contributed by atoms with Gasteiger partial charge in [0, 0.05) is 12.8 Å². The Kier molecular flexibility index (Phi) is 5.32. The van der Waals surface area contributed by atoms with Crippen LogP contribution in [0.15, 0.2) is 0 Å². The fourth-order valence-corrected chi connectivity index (χ4v) is 2.37. The van der Waals surface area contributed by atoms with Crippen LogP contribution in [-0.4, -0.2) is 58.8 Å². The molecule has 5 unspecified atom stereocenters. The molecular formula is C11H21NO5. The molecule has 6 heteroatoms. The zero-order valence-corrected chi connectivity index (χ0v) is 10.2. The van der Waals surface area contributed by atoms with Crippen molar-refractivity contribution >= 4 is 5.91 Å². The highest BCUT2D eigenvalue weighted by Crippen LogP contribution is 2.28. The topological polar surface area (TPSA) is 99.0 Å². The zero-order valence-electron chi connectivity index (χ0n) is 10.2. The maximum Gasteiger partial charge on any atom is 0.217 e. The SMILES string of the molecule is CCC1C(CO)OC(CO)C(NC(C)=O)C1O. The Bertz CT molecular complexity index is 260. The molecule has 0 aliphatic carbocycles. The van der Waals surface area contributed by atoms with E-state index in [1.54, 1.807) is 0 Å². The van der Waals surface area contributed by atoms with Gasteiger partial charge in [0.15, 0.2) is 0 Å². The first-order chi connectivity index (χ1) is 8.04. The van der Waals surface area contributed by atoms with E-state index in [0.717, 1.165) is 0 Å². The van der Waals surface area contributed by atoms with Crippen molar-refractivity contribution in [3.63, 3.8) is 0 Å². The lowest BCUT2D eigenvalue weighted by molar-refractivity contribution is -0.179. The highest BCUT2D eigenvalue weighted by Gasteiger charge is 2.43. The largest absolute Gasteiger partial charge is 0.394 e. The van der Waals surface area contributed by atoms with Gasteiger partial charge in [-0.2, -0.15) is 0 Å². The number of aliphatic hydroxyl groups excluding tert-OH is 3. The molecule has 0 bridgehead atoms. The van der Waals surface area contributed by atoms with Gasteiger partial charge in [-0.05, 0) is 6.42 Å². The van der Waals surface area contributed by atoms with Gasteiger partial charge >= 0.3 is 0 Å². The summed E-state index contributed by atoms with van der Waals surface area (Å²) in [6.45, 7) is 2.71. The molecule has 100 valence electrons. The molecule has 0 aromatic rings. The molecule has 1 fully saturated rings. The van der Waals surface area contributed by atoms with E-state index < -0.39 is 24.4 Å². The van der Waals surface area contributed by atoms with Crippen molar-refractivity contribution in [2.24, 2.45) is 5.92 Å². The summed E-state index contributed by atoms with van der Waals surface area (Å²) >= 11 is 0. The second-order valence-electron chi connectivity index (χ2n) is 4.37. The predicted molar refractivity (Wildman–Crippen MR) is 60.2 cm³/mol. The molecule has 1 amide bonds. The van der Waals surface area contributed by atoms with Gasteiger partial charge in [0.1, 0.15) is 6.10 Å². The number of carbonyl (C=O) groups excluding carboxylic acids is 1. The number of rotatable bonds is 4. The summed E-state index contributed by atoms with van der Waals surface area (Å²) in [5.74, 6) is -0.534. The van der Waals surface area contributed by atoms with E-state index in [0.29, 0.717) is 6.42 Å². The highest BCUT2D eigenvalue weighted by atomic mass is 16.5. The van der Waals surface area contributed by atoms with E-state index in [9.17, 15) is 20.1 Å². The first-order valence-electron chi connectivity index (χ1n) is 5.87. The van der Waals surface area contributed by atoms with Gasteiger partial charge in [0.05, 0.1) is 31.5 Å². The van der Waals surface area contributed by atoms with Crippen LogP contribution < -0.4 is 5.32 Å². The summed E-state index contributed by atoms with van der Waals surface area (Å²) in [6, 6.07) is -0.634. The molecule has 0 aromatic carbocycles. The Morgan fingerprint density at radius 3 is 2.29 bits per heavy atom. The molecule has 1 heterocycles. The second-order valence-corrected chi connectivity index (χ2v) is 4.37. The van der Waals surface area contributed by atoms with E-state index in [2.05, 4.69) is 5.32 Å². The van der Waals surface area contributed by atoms with Crippen LogP contribution in [0, 0.1) is 5.92 Å². The Morgan fingerprint density at radius 1 is 1.29 bits per heavy atom. The summed E-state index contributed by atoms with van der Waals surface area (Å²) in [4.78, 5) is 11.1. The summed E-state index contributed by atoms with van der Waals surface area (Å²) in [7, 11) is 0. The average Bonchev–Trinajstić information content (AvgIpc) is 2.30. The van der Waals surface area contributed by atoms with E-state index in [-0.39, 0.29) is 25.0 Å². The normalized spacial score (nSPS) is 37.8. The van der Waals surface area contributed by atoms with Crippen molar-refractivity contribution in [2.45, 2.75) is 44.6 Å². The third kappa shape index (κ3) is 3.16. The Morgan fingerprint density at radius 2 is 1.88 bits per heavy atom. The van der Waals surface area contributed by atoms with Crippen LogP contribution in [-0.2, 0) is 9.53 Å². The van der Waals surface area contributed by atoms with Gasteiger partial charge in [-0.15, -0.1) is 0 Å². The van der Waals surface area contributed by atoms with E-state index in [4.69, 9.17) is 4.74 Å². The third-order valence-electron chi connectivity index (χ3n) is 3.24. The molecule has 0 saturated carbocycles. The minimum absolute atomic E-state index is 0.209. The van der Waals surface area contributed by atoms with Gasteiger partial charge in [-0.3, -0.25) is 4.79 Å².